The first-order valence-corrected chi connectivity index (χ1v) is 10.4. The predicted octanol–water partition coefficient (Wildman–Crippen LogP) is 2.07. The quantitative estimate of drug-likeness (QED) is 0.366. The lowest BCUT2D eigenvalue weighted by atomic mass is 9.82. The number of fused-ring (bicyclic) bond motifs is 4. The van der Waals surface area contributed by atoms with E-state index >= 15 is 0 Å². The molecule has 0 spiro atoms. The third-order valence-corrected chi connectivity index (χ3v) is 5.46. The highest BCUT2D eigenvalue weighted by Gasteiger charge is 2.65. The molecule has 3 aliphatic rings. The van der Waals surface area contributed by atoms with Gasteiger partial charge in [0.1, 0.15) is 12.2 Å². The van der Waals surface area contributed by atoms with E-state index in [1.54, 1.807) is 19.9 Å². The molecular weight excluding hydrogens is 436 g/mol. The third-order valence-electron chi connectivity index (χ3n) is 5.46. The number of carbonyl (C=O) groups is 4. The van der Waals surface area contributed by atoms with Crippen LogP contribution < -0.4 is 9.47 Å². The largest absolute Gasteiger partial charge is 0.456 e. The van der Waals surface area contributed by atoms with Gasteiger partial charge in [0.25, 0.3) is 0 Å². The van der Waals surface area contributed by atoms with Crippen LogP contribution in [0, 0.1) is 0 Å². The fourth-order valence-electron chi connectivity index (χ4n) is 4.32. The van der Waals surface area contributed by atoms with Gasteiger partial charge in [-0.3, -0.25) is 9.59 Å². The molecule has 2 saturated heterocycles. The van der Waals surface area contributed by atoms with E-state index in [4.69, 9.17) is 28.4 Å². The second-order valence-electron chi connectivity index (χ2n) is 8.63. The first-order chi connectivity index (χ1) is 15.5. The van der Waals surface area contributed by atoms with E-state index in [-0.39, 0.29) is 24.3 Å². The van der Waals surface area contributed by atoms with E-state index < -0.39 is 53.6 Å². The van der Waals surface area contributed by atoms with Crippen molar-refractivity contribution in [2.75, 3.05) is 0 Å². The van der Waals surface area contributed by atoms with Gasteiger partial charge in [-0.25, -0.2) is 9.59 Å². The molecular formula is C23H24O10. The van der Waals surface area contributed by atoms with Gasteiger partial charge in [-0.1, -0.05) is 6.07 Å². The standard InChI is InChI=1S/C23H24O10/c1-12(24)28-15-7-5-14(9-16(15)29-13(2)25)6-8-19(26)32-23-10-17(30-21(23)27)20-18(11-23)31-22(3,4)33-20/h5-9,17-18,20H,10-11H2,1-4H3/b8-6+/t17-,18-,20+,23-/m1/s1. The van der Waals surface area contributed by atoms with Gasteiger partial charge < -0.3 is 28.4 Å². The maximum atomic E-state index is 12.6. The van der Waals surface area contributed by atoms with Gasteiger partial charge in [-0.05, 0) is 37.6 Å². The number of benzene rings is 1. The van der Waals surface area contributed by atoms with Crippen molar-refractivity contribution < 1.29 is 47.6 Å². The van der Waals surface area contributed by atoms with Crippen LogP contribution in [-0.2, 0) is 38.1 Å². The van der Waals surface area contributed by atoms with Gasteiger partial charge in [0.2, 0.25) is 5.60 Å². The van der Waals surface area contributed by atoms with Gasteiger partial charge in [-0.15, -0.1) is 0 Å². The number of rotatable bonds is 5. The fourth-order valence-corrected chi connectivity index (χ4v) is 4.32. The molecule has 4 rings (SSSR count). The molecule has 0 N–H and O–H groups in total. The second-order valence-corrected chi connectivity index (χ2v) is 8.63. The van der Waals surface area contributed by atoms with E-state index in [2.05, 4.69) is 0 Å². The van der Waals surface area contributed by atoms with Crippen molar-refractivity contribution in [3.8, 4) is 11.5 Å². The van der Waals surface area contributed by atoms with Crippen LogP contribution in [0.1, 0.15) is 46.1 Å². The van der Waals surface area contributed by atoms with Crippen molar-refractivity contribution >= 4 is 30.0 Å². The topological polar surface area (TPSA) is 124 Å². The highest BCUT2D eigenvalue weighted by atomic mass is 16.8. The monoisotopic (exact) mass is 460 g/mol. The van der Waals surface area contributed by atoms with E-state index in [1.165, 1.54) is 32.1 Å². The predicted molar refractivity (Wildman–Crippen MR) is 110 cm³/mol. The Morgan fingerprint density at radius 2 is 1.67 bits per heavy atom. The van der Waals surface area contributed by atoms with Crippen LogP contribution in [0.15, 0.2) is 24.3 Å². The van der Waals surface area contributed by atoms with Crippen LogP contribution in [0.2, 0.25) is 0 Å². The summed E-state index contributed by atoms with van der Waals surface area (Å²) in [4.78, 5) is 47.7. The Balaban J connectivity index is 1.47. The number of ether oxygens (including phenoxy) is 6. The Labute approximate surface area is 189 Å². The molecule has 0 amide bonds. The van der Waals surface area contributed by atoms with Crippen LogP contribution in [0.4, 0.5) is 0 Å². The summed E-state index contributed by atoms with van der Waals surface area (Å²) >= 11 is 0. The van der Waals surface area contributed by atoms with E-state index in [1.807, 2.05) is 0 Å². The maximum absolute atomic E-state index is 12.6. The Kier molecular flexibility index (Phi) is 5.75. The van der Waals surface area contributed by atoms with Gasteiger partial charge in [0.05, 0.1) is 6.10 Å². The Bertz CT molecular complexity index is 1040. The normalized spacial score (nSPS) is 29.3. The Morgan fingerprint density at radius 3 is 2.36 bits per heavy atom. The summed E-state index contributed by atoms with van der Waals surface area (Å²) in [5, 5.41) is 0. The molecule has 0 aromatic heterocycles. The number of carbonyl (C=O) groups excluding carboxylic acids is 4. The summed E-state index contributed by atoms with van der Waals surface area (Å²) in [6.45, 7) is 5.98. The average Bonchev–Trinajstić information content (AvgIpc) is 3.14. The lowest BCUT2D eigenvalue weighted by molar-refractivity contribution is -0.179. The van der Waals surface area contributed by atoms with Crippen LogP contribution in [-0.4, -0.2) is 53.6 Å². The summed E-state index contributed by atoms with van der Waals surface area (Å²) in [5.41, 5.74) is -0.958. The molecule has 0 radical (unpaired) electrons. The van der Waals surface area contributed by atoms with Crippen molar-refractivity contribution in [3.63, 3.8) is 0 Å². The van der Waals surface area contributed by atoms with Gasteiger partial charge in [0, 0.05) is 32.8 Å². The molecule has 10 nitrogen and oxygen atoms in total. The second kappa shape index (κ2) is 8.27. The smallest absolute Gasteiger partial charge is 0.351 e. The van der Waals surface area contributed by atoms with Crippen LogP contribution in [0.3, 0.4) is 0 Å². The number of esters is 4. The molecule has 2 bridgehead atoms. The zero-order valence-electron chi connectivity index (χ0n) is 18.6. The van der Waals surface area contributed by atoms with Crippen LogP contribution in [0.25, 0.3) is 6.08 Å². The lowest BCUT2D eigenvalue weighted by Gasteiger charge is -2.32. The fraction of sp³-hybridized carbons (Fsp3) is 0.478. The Morgan fingerprint density at radius 1 is 1.00 bits per heavy atom. The highest BCUT2D eigenvalue weighted by Crippen LogP contribution is 2.48. The van der Waals surface area contributed by atoms with Crippen LogP contribution >= 0.6 is 0 Å². The highest BCUT2D eigenvalue weighted by molar-refractivity contribution is 5.92. The SMILES string of the molecule is CC(=O)Oc1ccc(/C=C/C(=O)O[C@@]23C[C@@H](OC2=O)[C@@H]2OC(C)(C)O[C@@H]2C3)cc1OC(C)=O. The summed E-state index contributed by atoms with van der Waals surface area (Å²) < 4.78 is 32.8. The van der Waals surface area contributed by atoms with Crippen LogP contribution in [0.5, 0.6) is 11.5 Å². The molecule has 1 aromatic rings. The van der Waals surface area contributed by atoms with Crippen molar-refractivity contribution in [1.82, 2.24) is 0 Å². The van der Waals surface area contributed by atoms with Gasteiger partial charge >= 0.3 is 23.9 Å². The molecule has 2 heterocycles. The van der Waals surface area contributed by atoms with Gasteiger partial charge in [0.15, 0.2) is 17.3 Å². The molecule has 176 valence electrons. The minimum atomic E-state index is -1.43. The van der Waals surface area contributed by atoms with E-state index in [9.17, 15) is 19.2 Å². The molecule has 1 aromatic carbocycles. The summed E-state index contributed by atoms with van der Waals surface area (Å²) in [6, 6.07) is 4.42. The lowest BCUT2D eigenvalue weighted by Crippen LogP contribution is -2.49. The van der Waals surface area contributed by atoms with Crippen molar-refractivity contribution in [2.24, 2.45) is 0 Å². The third kappa shape index (κ3) is 4.76. The number of hydrogen-bond donors (Lipinski definition) is 0. The zero-order chi connectivity index (χ0) is 24.0. The zero-order valence-corrected chi connectivity index (χ0v) is 18.6. The average molecular weight is 460 g/mol. The minimum absolute atomic E-state index is 0.0216. The Hall–Kier alpha value is -3.24. The van der Waals surface area contributed by atoms with Crippen molar-refractivity contribution in [2.45, 2.75) is 70.2 Å². The summed E-state index contributed by atoms with van der Waals surface area (Å²) in [7, 11) is 0. The number of hydrogen-bond acceptors (Lipinski definition) is 10. The summed E-state index contributed by atoms with van der Waals surface area (Å²) in [6.07, 6.45) is 1.53. The molecule has 33 heavy (non-hydrogen) atoms. The maximum Gasteiger partial charge on any atom is 0.351 e. The minimum Gasteiger partial charge on any atom is -0.456 e. The molecule has 4 atom stereocenters. The van der Waals surface area contributed by atoms with Crippen molar-refractivity contribution in [3.05, 3.63) is 29.8 Å². The molecule has 10 heteroatoms. The first-order valence-electron chi connectivity index (χ1n) is 10.4. The molecule has 2 aliphatic heterocycles. The van der Waals surface area contributed by atoms with E-state index in [0.717, 1.165) is 6.08 Å². The molecule has 1 aliphatic carbocycles. The van der Waals surface area contributed by atoms with Crippen molar-refractivity contribution in [1.29, 1.82) is 0 Å². The van der Waals surface area contributed by atoms with E-state index in [0.29, 0.717) is 5.56 Å². The molecule has 1 saturated carbocycles. The molecule has 0 unspecified atom stereocenters. The molecule has 3 fully saturated rings. The summed E-state index contributed by atoms with van der Waals surface area (Å²) in [5.74, 6) is -3.27. The van der Waals surface area contributed by atoms with Gasteiger partial charge in [-0.2, -0.15) is 0 Å². The first kappa shape index (κ1) is 22.9.